The summed E-state index contributed by atoms with van der Waals surface area (Å²) in [5, 5.41) is 0. The van der Waals surface area contributed by atoms with Gasteiger partial charge in [0, 0.05) is 11.8 Å². The van der Waals surface area contributed by atoms with E-state index in [-0.39, 0.29) is 16.5 Å². The van der Waals surface area contributed by atoms with Gasteiger partial charge in [-0.2, -0.15) is 0 Å². The van der Waals surface area contributed by atoms with E-state index < -0.39 is 9.84 Å². The minimum absolute atomic E-state index is 0.157. The maximum Gasteiger partial charge on any atom is 0.185 e. The first-order valence-corrected chi connectivity index (χ1v) is 6.73. The molecule has 0 amide bonds. The Morgan fingerprint density at radius 1 is 1.06 bits per heavy atom. The molecule has 0 saturated carbocycles. The molecule has 0 fully saturated rings. The quantitative estimate of drug-likeness (QED) is 0.600. The molecule has 0 aliphatic heterocycles. The Labute approximate surface area is 99.9 Å². The van der Waals surface area contributed by atoms with Crippen molar-refractivity contribution < 1.29 is 18.0 Å². The molecule has 0 aromatic heterocycles. The standard InChI is InChI=1S/C12H12O4S/c1-9(13)3-8-12(14)10-4-6-11(7-5-10)17(2,15)16/h3-8H,1-2H3. The first-order chi connectivity index (χ1) is 7.80. The SMILES string of the molecule is CC(=O)C=CC(=O)c1ccc(S(C)(=O)=O)cc1. The van der Waals surface area contributed by atoms with E-state index >= 15 is 0 Å². The monoisotopic (exact) mass is 252 g/mol. The van der Waals surface area contributed by atoms with Crippen LogP contribution < -0.4 is 0 Å². The average Bonchev–Trinajstić information content (AvgIpc) is 2.25. The van der Waals surface area contributed by atoms with Gasteiger partial charge in [0.15, 0.2) is 21.4 Å². The molecule has 1 aromatic carbocycles. The van der Waals surface area contributed by atoms with Crippen molar-refractivity contribution in [3.63, 3.8) is 0 Å². The molecule has 0 saturated heterocycles. The van der Waals surface area contributed by atoms with E-state index in [1.807, 2.05) is 0 Å². The van der Waals surface area contributed by atoms with Gasteiger partial charge in [0.05, 0.1) is 4.90 Å². The van der Waals surface area contributed by atoms with Crippen molar-refractivity contribution in [2.75, 3.05) is 6.26 Å². The van der Waals surface area contributed by atoms with Crippen LogP contribution in [-0.2, 0) is 14.6 Å². The molecule has 0 atom stereocenters. The Morgan fingerprint density at radius 2 is 1.59 bits per heavy atom. The number of sulfone groups is 1. The van der Waals surface area contributed by atoms with Gasteiger partial charge >= 0.3 is 0 Å². The highest BCUT2D eigenvalue weighted by molar-refractivity contribution is 7.90. The molecule has 0 bridgehead atoms. The lowest BCUT2D eigenvalue weighted by Gasteiger charge is -1.99. The Hall–Kier alpha value is -1.75. The van der Waals surface area contributed by atoms with E-state index in [0.29, 0.717) is 5.56 Å². The first-order valence-electron chi connectivity index (χ1n) is 4.84. The van der Waals surface area contributed by atoms with Crippen LogP contribution in [0.25, 0.3) is 0 Å². The third kappa shape index (κ3) is 3.96. The number of hydrogen-bond donors (Lipinski definition) is 0. The van der Waals surface area contributed by atoms with Crippen LogP contribution in [0.15, 0.2) is 41.3 Å². The van der Waals surface area contributed by atoms with Gasteiger partial charge in [-0.1, -0.05) is 0 Å². The van der Waals surface area contributed by atoms with E-state index in [9.17, 15) is 18.0 Å². The zero-order valence-electron chi connectivity index (χ0n) is 9.51. The summed E-state index contributed by atoms with van der Waals surface area (Å²) in [5.74, 6) is -0.550. The Bertz CT molecular complexity index is 565. The minimum Gasteiger partial charge on any atom is -0.295 e. The molecule has 1 rings (SSSR count). The lowest BCUT2D eigenvalue weighted by molar-refractivity contribution is -0.112. The number of rotatable bonds is 4. The number of hydrogen-bond acceptors (Lipinski definition) is 4. The highest BCUT2D eigenvalue weighted by Gasteiger charge is 2.08. The van der Waals surface area contributed by atoms with Crippen LogP contribution in [0.4, 0.5) is 0 Å². The summed E-state index contributed by atoms with van der Waals surface area (Å²) in [5.41, 5.74) is 0.343. The van der Waals surface area contributed by atoms with Crippen molar-refractivity contribution in [1.82, 2.24) is 0 Å². The van der Waals surface area contributed by atoms with Crippen molar-refractivity contribution in [3.8, 4) is 0 Å². The summed E-state index contributed by atoms with van der Waals surface area (Å²) in [7, 11) is -3.25. The van der Waals surface area contributed by atoms with Crippen LogP contribution in [0, 0.1) is 0 Å². The highest BCUT2D eigenvalue weighted by Crippen LogP contribution is 2.11. The van der Waals surface area contributed by atoms with Gasteiger partial charge in [0.2, 0.25) is 0 Å². The van der Waals surface area contributed by atoms with E-state index in [1.54, 1.807) is 0 Å². The fraction of sp³-hybridized carbons (Fsp3) is 0.167. The van der Waals surface area contributed by atoms with Crippen LogP contribution in [-0.4, -0.2) is 26.2 Å². The third-order valence-electron chi connectivity index (χ3n) is 2.04. The predicted molar refractivity (Wildman–Crippen MR) is 63.7 cm³/mol. The largest absolute Gasteiger partial charge is 0.295 e. The van der Waals surface area contributed by atoms with E-state index in [0.717, 1.165) is 12.3 Å². The molecule has 1 aromatic rings. The summed E-state index contributed by atoms with van der Waals surface area (Å²) in [6.45, 7) is 1.34. The number of allylic oxidation sites excluding steroid dienone is 2. The highest BCUT2D eigenvalue weighted by atomic mass is 32.2. The van der Waals surface area contributed by atoms with Crippen molar-refractivity contribution >= 4 is 21.4 Å². The van der Waals surface area contributed by atoms with Crippen LogP contribution in [0.3, 0.4) is 0 Å². The maximum atomic E-state index is 11.5. The molecule has 0 aliphatic carbocycles. The molecule has 0 unspecified atom stereocenters. The summed E-state index contributed by atoms with van der Waals surface area (Å²) in [6, 6.07) is 5.57. The molecule has 0 aliphatic rings. The second-order valence-electron chi connectivity index (χ2n) is 3.60. The lowest BCUT2D eigenvalue weighted by Crippen LogP contribution is -1.99. The maximum absolute atomic E-state index is 11.5. The lowest BCUT2D eigenvalue weighted by atomic mass is 10.1. The molecule has 4 nitrogen and oxygen atoms in total. The first kappa shape index (κ1) is 13.3. The zero-order chi connectivity index (χ0) is 13.1. The van der Waals surface area contributed by atoms with Crippen LogP contribution >= 0.6 is 0 Å². The van der Waals surface area contributed by atoms with Crippen molar-refractivity contribution in [2.24, 2.45) is 0 Å². The van der Waals surface area contributed by atoms with Crippen LogP contribution in [0.1, 0.15) is 17.3 Å². The zero-order valence-corrected chi connectivity index (χ0v) is 10.3. The molecule has 90 valence electrons. The number of ketones is 2. The van der Waals surface area contributed by atoms with Crippen LogP contribution in [0.5, 0.6) is 0 Å². The normalized spacial score (nSPS) is 11.6. The molecule has 0 radical (unpaired) electrons. The molecule has 0 N–H and O–H groups in total. The molecule has 5 heteroatoms. The van der Waals surface area contributed by atoms with E-state index in [1.165, 1.54) is 37.3 Å². The second kappa shape index (κ2) is 5.05. The Kier molecular flexibility index (Phi) is 3.96. The van der Waals surface area contributed by atoms with Gasteiger partial charge in [0.1, 0.15) is 0 Å². The van der Waals surface area contributed by atoms with Crippen LogP contribution in [0.2, 0.25) is 0 Å². The summed E-state index contributed by atoms with van der Waals surface area (Å²) >= 11 is 0. The fourth-order valence-corrected chi connectivity index (χ4v) is 1.79. The van der Waals surface area contributed by atoms with Crippen molar-refractivity contribution in [3.05, 3.63) is 42.0 Å². The molecular weight excluding hydrogens is 240 g/mol. The number of carbonyl (C=O) groups is 2. The summed E-state index contributed by atoms with van der Waals surface area (Å²) in [4.78, 5) is 22.3. The minimum atomic E-state index is -3.25. The van der Waals surface area contributed by atoms with E-state index in [2.05, 4.69) is 0 Å². The molecule has 17 heavy (non-hydrogen) atoms. The van der Waals surface area contributed by atoms with E-state index in [4.69, 9.17) is 0 Å². The topological polar surface area (TPSA) is 68.3 Å². The van der Waals surface area contributed by atoms with Gasteiger partial charge in [-0.25, -0.2) is 8.42 Å². The van der Waals surface area contributed by atoms with Crippen molar-refractivity contribution in [1.29, 1.82) is 0 Å². The average molecular weight is 252 g/mol. The summed E-state index contributed by atoms with van der Waals surface area (Å²) < 4.78 is 22.4. The van der Waals surface area contributed by atoms with Gasteiger partial charge in [-0.05, 0) is 43.3 Å². The van der Waals surface area contributed by atoms with Gasteiger partial charge in [0.25, 0.3) is 0 Å². The fourth-order valence-electron chi connectivity index (χ4n) is 1.16. The number of benzene rings is 1. The Balaban J connectivity index is 2.96. The number of carbonyl (C=O) groups excluding carboxylic acids is 2. The molecule has 0 heterocycles. The van der Waals surface area contributed by atoms with Gasteiger partial charge in [-0.15, -0.1) is 0 Å². The smallest absolute Gasteiger partial charge is 0.185 e. The third-order valence-corrected chi connectivity index (χ3v) is 3.16. The molecular formula is C12H12O4S. The summed E-state index contributed by atoms with van der Waals surface area (Å²) in [6.07, 6.45) is 3.43. The predicted octanol–water partition coefficient (Wildman–Crippen LogP) is 1.42. The Morgan fingerprint density at radius 3 is 2.00 bits per heavy atom. The van der Waals surface area contributed by atoms with Crippen molar-refractivity contribution in [2.45, 2.75) is 11.8 Å². The van der Waals surface area contributed by atoms with Gasteiger partial charge < -0.3 is 0 Å². The van der Waals surface area contributed by atoms with Gasteiger partial charge in [-0.3, -0.25) is 9.59 Å². The second-order valence-corrected chi connectivity index (χ2v) is 5.62. The molecule has 0 spiro atoms.